The van der Waals surface area contributed by atoms with Crippen molar-refractivity contribution in [3.8, 4) is 10.6 Å². The third-order valence-electron chi connectivity index (χ3n) is 5.80. The Morgan fingerprint density at radius 1 is 1.33 bits per heavy atom. The summed E-state index contributed by atoms with van der Waals surface area (Å²) >= 11 is 7.61. The zero-order chi connectivity index (χ0) is 24.0. The quantitative estimate of drug-likeness (QED) is 0.380. The molecule has 3 aromatic rings. The van der Waals surface area contributed by atoms with Crippen molar-refractivity contribution in [2.75, 3.05) is 13.1 Å². The maximum atomic E-state index is 13.3. The van der Waals surface area contributed by atoms with E-state index in [0.717, 1.165) is 22.8 Å². The molecule has 0 saturated carbocycles. The summed E-state index contributed by atoms with van der Waals surface area (Å²) in [5.74, 6) is -0.617. The maximum Gasteiger partial charge on any atom is 0.383 e. The van der Waals surface area contributed by atoms with Crippen LogP contribution >= 0.6 is 22.9 Å². The van der Waals surface area contributed by atoms with Crippen LogP contribution in [0.25, 0.3) is 10.6 Å². The highest BCUT2D eigenvalue weighted by Crippen LogP contribution is 2.39. The number of thiazole rings is 1. The molecule has 1 N–H and O–H groups in total. The van der Waals surface area contributed by atoms with Gasteiger partial charge in [-0.1, -0.05) is 13.8 Å². The van der Waals surface area contributed by atoms with Crippen molar-refractivity contribution in [3.05, 3.63) is 62.2 Å². The average molecular weight is 494 g/mol. The summed E-state index contributed by atoms with van der Waals surface area (Å²) in [6, 6.07) is 6.37. The summed E-state index contributed by atoms with van der Waals surface area (Å²) in [5, 5.41) is 22.7. The number of hydrogen-bond acceptors (Lipinski definition) is 7. The van der Waals surface area contributed by atoms with E-state index >= 15 is 0 Å². The van der Waals surface area contributed by atoms with E-state index in [9.17, 15) is 19.6 Å². The Morgan fingerprint density at radius 2 is 2.03 bits per heavy atom. The van der Waals surface area contributed by atoms with Crippen LogP contribution in [0.15, 0.2) is 30.5 Å². The van der Waals surface area contributed by atoms with Gasteiger partial charge in [0.1, 0.15) is 17.0 Å². The van der Waals surface area contributed by atoms with E-state index in [2.05, 4.69) is 23.7 Å². The SMILES string of the molecule is CC(O)(CCN1Cc2sc(-c3ccc(F)cc3)nc2C(C)(C)C1)Cn1cc([N+](=O)[O-])nc1Cl. The van der Waals surface area contributed by atoms with Gasteiger partial charge in [-0.15, -0.1) is 11.3 Å². The fraction of sp³-hybridized carbons (Fsp3) is 0.455. The number of nitrogens with zero attached hydrogens (tertiary/aromatic N) is 5. The number of rotatable bonds is 7. The standard InChI is InChI=1S/C22H25ClFN5O3S/c1-21(2)12-27(9-8-22(3,30)13-28-11-17(29(31)32)25-20(28)23)10-16-18(21)26-19(33-16)14-4-6-15(24)7-5-14/h4-7,11,30H,8-10,12-13H2,1-3H3. The minimum absolute atomic E-state index is 0.0243. The number of nitro groups is 1. The molecular formula is C22H25ClFN5O3S. The van der Waals surface area contributed by atoms with Crippen LogP contribution in [0.3, 0.4) is 0 Å². The predicted octanol–water partition coefficient (Wildman–Crippen LogP) is 4.64. The number of benzene rings is 1. The van der Waals surface area contributed by atoms with E-state index in [1.165, 1.54) is 27.8 Å². The summed E-state index contributed by atoms with van der Waals surface area (Å²) in [6.07, 6.45) is 1.69. The molecule has 1 unspecified atom stereocenters. The lowest BCUT2D eigenvalue weighted by Gasteiger charge is -2.38. The second-order valence-corrected chi connectivity index (χ2v) is 10.8. The third-order valence-corrected chi connectivity index (χ3v) is 7.19. The molecule has 0 fully saturated rings. The maximum absolute atomic E-state index is 13.3. The van der Waals surface area contributed by atoms with Crippen molar-refractivity contribution in [1.82, 2.24) is 19.4 Å². The number of aromatic nitrogens is 3. The first-order chi connectivity index (χ1) is 15.4. The van der Waals surface area contributed by atoms with E-state index in [-0.39, 0.29) is 28.9 Å². The Labute approximate surface area is 199 Å². The van der Waals surface area contributed by atoms with E-state index in [0.29, 0.717) is 19.5 Å². The van der Waals surface area contributed by atoms with E-state index < -0.39 is 10.5 Å². The molecule has 0 radical (unpaired) electrons. The Bertz CT molecular complexity index is 1180. The summed E-state index contributed by atoms with van der Waals surface area (Å²) in [6.45, 7) is 8.21. The Balaban J connectivity index is 1.45. The molecular weight excluding hydrogens is 469 g/mol. The normalized spacial score (nSPS) is 17.5. The number of imidazole rings is 1. The van der Waals surface area contributed by atoms with Crippen LogP contribution in [-0.4, -0.2) is 48.2 Å². The Kier molecular flexibility index (Phi) is 6.30. The fourth-order valence-corrected chi connectivity index (χ4v) is 5.66. The molecule has 1 aliphatic heterocycles. The second kappa shape index (κ2) is 8.75. The van der Waals surface area contributed by atoms with Gasteiger partial charge >= 0.3 is 11.1 Å². The van der Waals surface area contributed by atoms with Gasteiger partial charge in [0.15, 0.2) is 0 Å². The van der Waals surface area contributed by atoms with Crippen molar-refractivity contribution >= 4 is 28.8 Å². The summed E-state index contributed by atoms with van der Waals surface area (Å²) in [4.78, 5) is 22.3. The summed E-state index contributed by atoms with van der Waals surface area (Å²) in [7, 11) is 0. The highest BCUT2D eigenvalue weighted by molar-refractivity contribution is 7.15. The number of hydrogen-bond donors (Lipinski definition) is 1. The van der Waals surface area contributed by atoms with Crippen molar-refractivity contribution in [2.45, 2.75) is 51.3 Å². The average Bonchev–Trinajstić information content (AvgIpc) is 3.31. The summed E-state index contributed by atoms with van der Waals surface area (Å²) < 4.78 is 14.7. The first-order valence-electron chi connectivity index (χ1n) is 10.5. The molecule has 11 heteroatoms. The largest absolute Gasteiger partial charge is 0.388 e. The van der Waals surface area contributed by atoms with E-state index in [1.807, 2.05) is 0 Å². The molecule has 0 saturated heterocycles. The minimum atomic E-state index is -1.13. The van der Waals surface area contributed by atoms with Crippen LogP contribution in [0.2, 0.25) is 5.28 Å². The van der Waals surface area contributed by atoms with E-state index in [1.54, 1.807) is 30.4 Å². The zero-order valence-electron chi connectivity index (χ0n) is 18.6. The van der Waals surface area contributed by atoms with Gasteiger partial charge in [0.05, 0.1) is 17.8 Å². The van der Waals surface area contributed by atoms with Gasteiger partial charge in [-0.25, -0.2) is 9.37 Å². The number of fused-ring (bicyclic) bond motifs is 1. The molecule has 0 spiro atoms. The van der Waals surface area contributed by atoms with Crippen molar-refractivity contribution in [3.63, 3.8) is 0 Å². The van der Waals surface area contributed by atoms with Crippen molar-refractivity contribution in [2.24, 2.45) is 0 Å². The molecule has 0 amide bonds. The molecule has 33 heavy (non-hydrogen) atoms. The first kappa shape index (κ1) is 23.7. The topological polar surface area (TPSA) is 97.3 Å². The second-order valence-electron chi connectivity index (χ2n) is 9.39. The molecule has 4 rings (SSSR count). The highest BCUT2D eigenvalue weighted by Gasteiger charge is 2.36. The number of halogens is 2. The fourth-order valence-electron chi connectivity index (χ4n) is 4.18. The van der Waals surface area contributed by atoms with Gasteiger partial charge in [-0.05, 0) is 59.1 Å². The molecule has 1 aromatic carbocycles. The lowest BCUT2D eigenvalue weighted by Crippen LogP contribution is -2.44. The van der Waals surface area contributed by atoms with Crippen molar-refractivity contribution in [1.29, 1.82) is 0 Å². The lowest BCUT2D eigenvalue weighted by molar-refractivity contribution is -0.389. The Hall–Kier alpha value is -2.40. The molecule has 2 aromatic heterocycles. The van der Waals surface area contributed by atoms with Gasteiger partial charge in [-0.2, -0.15) is 0 Å². The molecule has 3 heterocycles. The molecule has 176 valence electrons. The van der Waals surface area contributed by atoms with Crippen molar-refractivity contribution < 1.29 is 14.4 Å². The van der Waals surface area contributed by atoms with Crippen LogP contribution < -0.4 is 0 Å². The van der Waals surface area contributed by atoms with Gasteiger partial charge in [-0.3, -0.25) is 9.47 Å². The molecule has 0 bridgehead atoms. The zero-order valence-corrected chi connectivity index (χ0v) is 20.2. The van der Waals surface area contributed by atoms with Crippen LogP contribution in [0, 0.1) is 15.9 Å². The monoisotopic (exact) mass is 493 g/mol. The lowest BCUT2D eigenvalue weighted by atomic mass is 9.84. The van der Waals surface area contributed by atoms with Crippen LogP contribution in [0.1, 0.15) is 37.8 Å². The third kappa shape index (κ3) is 5.24. The summed E-state index contributed by atoms with van der Waals surface area (Å²) in [5.41, 5.74) is 0.651. The smallest absolute Gasteiger partial charge is 0.383 e. The molecule has 8 nitrogen and oxygen atoms in total. The number of aliphatic hydroxyl groups is 1. The van der Waals surface area contributed by atoms with E-state index in [4.69, 9.17) is 16.6 Å². The molecule has 1 aliphatic rings. The first-order valence-corrected chi connectivity index (χ1v) is 11.7. The van der Waals surface area contributed by atoms with Crippen LogP contribution in [0.5, 0.6) is 0 Å². The van der Waals surface area contributed by atoms with Crippen LogP contribution in [0.4, 0.5) is 10.2 Å². The highest BCUT2D eigenvalue weighted by atomic mass is 35.5. The predicted molar refractivity (Wildman–Crippen MR) is 125 cm³/mol. The van der Waals surface area contributed by atoms with Gasteiger partial charge in [0, 0.05) is 35.5 Å². The molecule has 1 atom stereocenters. The van der Waals surface area contributed by atoms with Gasteiger partial charge in [0.2, 0.25) is 0 Å². The molecule has 0 aliphatic carbocycles. The van der Waals surface area contributed by atoms with Gasteiger partial charge in [0.25, 0.3) is 0 Å². The minimum Gasteiger partial charge on any atom is -0.388 e. The van der Waals surface area contributed by atoms with Crippen LogP contribution in [-0.2, 0) is 18.5 Å². The Morgan fingerprint density at radius 3 is 2.67 bits per heavy atom. The van der Waals surface area contributed by atoms with Gasteiger partial charge < -0.3 is 15.2 Å².